The van der Waals surface area contributed by atoms with Gasteiger partial charge in [-0.25, -0.2) is 4.98 Å². The molecule has 14 heavy (non-hydrogen) atoms. The summed E-state index contributed by atoms with van der Waals surface area (Å²) >= 11 is 0. The molecule has 2 N–H and O–H groups in total. The number of anilines is 1. The zero-order valence-corrected chi connectivity index (χ0v) is 8.00. The van der Waals surface area contributed by atoms with Crippen molar-refractivity contribution in [2.45, 2.75) is 26.4 Å². The first-order chi connectivity index (χ1) is 6.50. The summed E-state index contributed by atoms with van der Waals surface area (Å²) in [5, 5.41) is 0. The van der Waals surface area contributed by atoms with E-state index in [1.54, 1.807) is 6.20 Å². The van der Waals surface area contributed by atoms with Crippen LogP contribution >= 0.6 is 0 Å². The molecule has 0 amide bonds. The van der Waals surface area contributed by atoms with Crippen molar-refractivity contribution >= 4 is 5.82 Å². The van der Waals surface area contributed by atoms with Gasteiger partial charge in [-0.2, -0.15) is 8.78 Å². The number of hydrogen-bond donors (Lipinski definition) is 1. The second kappa shape index (κ2) is 4.21. The number of ether oxygens (including phenoxy) is 1. The van der Waals surface area contributed by atoms with Crippen LogP contribution in [0.5, 0.6) is 5.75 Å². The third-order valence-corrected chi connectivity index (χ3v) is 1.79. The molecule has 0 aliphatic heterocycles. The fourth-order valence-electron chi connectivity index (χ4n) is 0.976. The van der Waals surface area contributed by atoms with E-state index in [4.69, 9.17) is 5.73 Å². The second-order valence-corrected chi connectivity index (χ2v) is 3.19. The van der Waals surface area contributed by atoms with E-state index in [0.717, 1.165) is 5.56 Å². The molecule has 78 valence electrons. The van der Waals surface area contributed by atoms with E-state index >= 15 is 0 Å². The number of rotatable bonds is 3. The average Bonchev–Trinajstić information content (AvgIpc) is 2.07. The first-order valence-corrected chi connectivity index (χ1v) is 4.21. The number of aromatic nitrogens is 1. The molecule has 0 aliphatic rings. The third-order valence-electron chi connectivity index (χ3n) is 1.79. The number of nitrogens with two attached hydrogens (primary N) is 1. The van der Waals surface area contributed by atoms with Crippen LogP contribution in [-0.2, 0) is 0 Å². The van der Waals surface area contributed by atoms with E-state index in [0.29, 0.717) is 0 Å². The Morgan fingerprint density at radius 3 is 2.57 bits per heavy atom. The molecule has 5 heteroatoms. The summed E-state index contributed by atoms with van der Waals surface area (Å²) < 4.78 is 28.1. The molecular formula is C9H12F2N2O. The zero-order valence-electron chi connectivity index (χ0n) is 8.00. The van der Waals surface area contributed by atoms with Crippen LogP contribution < -0.4 is 10.5 Å². The van der Waals surface area contributed by atoms with E-state index in [9.17, 15) is 8.78 Å². The molecule has 0 aliphatic carbocycles. The number of nitrogens with zero attached hydrogens (tertiary/aromatic N) is 1. The molecule has 3 nitrogen and oxygen atoms in total. The predicted molar refractivity (Wildman–Crippen MR) is 49.4 cm³/mol. The van der Waals surface area contributed by atoms with Crippen LogP contribution in [0, 0.1) is 0 Å². The Balaban J connectivity index is 2.96. The maximum Gasteiger partial charge on any atom is 0.387 e. The lowest BCUT2D eigenvalue weighted by atomic mass is 10.1. The molecule has 1 aromatic heterocycles. The van der Waals surface area contributed by atoms with Gasteiger partial charge >= 0.3 is 6.61 Å². The quantitative estimate of drug-likeness (QED) is 0.818. The summed E-state index contributed by atoms with van der Waals surface area (Å²) in [6.07, 6.45) is 1.55. The van der Waals surface area contributed by atoms with Crippen LogP contribution in [0.2, 0.25) is 0 Å². The standard InChI is InChI=1S/C9H12F2N2O/c1-5(2)6-3-7(14-9(10)11)8(12)13-4-6/h3-5,9H,1-2H3,(H2,12,13). The van der Waals surface area contributed by atoms with Gasteiger partial charge in [0.15, 0.2) is 11.6 Å². The molecule has 1 aromatic rings. The summed E-state index contributed by atoms with van der Waals surface area (Å²) in [5.41, 5.74) is 6.18. The molecule has 0 fully saturated rings. The number of halogens is 2. The lowest BCUT2D eigenvalue weighted by Gasteiger charge is -2.10. The van der Waals surface area contributed by atoms with Gasteiger partial charge in [-0.05, 0) is 17.5 Å². The average molecular weight is 202 g/mol. The molecule has 0 saturated carbocycles. The lowest BCUT2D eigenvalue weighted by Crippen LogP contribution is -2.06. The maximum absolute atomic E-state index is 11.9. The normalized spacial score (nSPS) is 11.0. The van der Waals surface area contributed by atoms with Gasteiger partial charge in [-0.1, -0.05) is 13.8 Å². The Hall–Kier alpha value is -1.39. The fraction of sp³-hybridized carbons (Fsp3) is 0.444. The topological polar surface area (TPSA) is 48.1 Å². The highest BCUT2D eigenvalue weighted by Crippen LogP contribution is 2.25. The van der Waals surface area contributed by atoms with Gasteiger partial charge < -0.3 is 10.5 Å². The van der Waals surface area contributed by atoms with Crippen LogP contribution in [0.3, 0.4) is 0 Å². The fourth-order valence-corrected chi connectivity index (χ4v) is 0.976. The first kappa shape index (κ1) is 10.7. The Labute approximate surface area is 80.9 Å². The van der Waals surface area contributed by atoms with E-state index in [-0.39, 0.29) is 17.5 Å². The highest BCUT2D eigenvalue weighted by molar-refractivity contribution is 5.47. The largest absolute Gasteiger partial charge is 0.431 e. The molecule has 0 bridgehead atoms. The molecule has 0 atom stereocenters. The molecule has 0 unspecified atom stereocenters. The van der Waals surface area contributed by atoms with Gasteiger partial charge in [-0.3, -0.25) is 0 Å². The smallest absolute Gasteiger partial charge is 0.387 e. The molecule has 0 spiro atoms. The van der Waals surface area contributed by atoms with Crippen LogP contribution in [-0.4, -0.2) is 11.6 Å². The molecule has 0 saturated heterocycles. The van der Waals surface area contributed by atoms with Gasteiger partial charge in [0.2, 0.25) is 0 Å². The van der Waals surface area contributed by atoms with Gasteiger partial charge in [0, 0.05) is 6.20 Å². The van der Waals surface area contributed by atoms with Gasteiger partial charge in [-0.15, -0.1) is 0 Å². The SMILES string of the molecule is CC(C)c1cnc(N)c(OC(F)F)c1. The highest BCUT2D eigenvalue weighted by atomic mass is 19.3. The van der Waals surface area contributed by atoms with Crippen LogP contribution in [0.15, 0.2) is 12.3 Å². The van der Waals surface area contributed by atoms with E-state index < -0.39 is 6.61 Å². The highest BCUT2D eigenvalue weighted by Gasteiger charge is 2.10. The van der Waals surface area contributed by atoms with E-state index in [1.165, 1.54) is 6.07 Å². The molecular weight excluding hydrogens is 190 g/mol. The molecule has 0 radical (unpaired) electrons. The van der Waals surface area contributed by atoms with Crippen molar-refractivity contribution in [3.05, 3.63) is 17.8 Å². The second-order valence-electron chi connectivity index (χ2n) is 3.19. The van der Waals surface area contributed by atoms with Crippen LogP contribution in [0.4, 0.5) is 14.6 Å². The van der Waals surface area contributed by atoms with Gasteiger partial charge in [0.25, 0.3) is 0 Å². The number of hydrogen-bond acceptors (Lipinski definition) is 3. The first-order valence-electron chi connectivity index (χ1n) is 4.21. The summed E-state index contributed by atoms with van der Waals surface area (Å²) in [4.78, 5) is 3.77. The number of alkyl halides is 2. The van der Waals surface area contributed by atoms with Crippen molar-refractivity contribution in [3.63, 3.8) is 0 Å². The Kier molecular flexibility index (Phi) is 3.22. The summed E-state index contributed by atoms with van der Waals surface area (Å²) in [7, 11) is 0. The predicted octanol–water partition coefficient (Wildman–Crippen LogP) is 2.39. The number of nitrogen functional groups attached to an aromatic ring is 1. The summed E-state index contributed by atoms with van der Waals surface area (Å²) in [5.74, 6) is 0.115. The molecule has 0 aromatic carbocycles. The minimum Gasteiger partial charge on any atom is -0.431 e. The van der Waals surface area contributed by atoms with Gasteiger partial charge in [0.1, 0.15) is 0 Å². The van der Waals surface area contributed by atoms with Crippen molar-refractivity contribution in [1.29, 1.82) is 0 Å². The van der Waals surface area contributed by atoms with Crippen molar-refractivity contribution < 1.29 is 13.5 Å². The molecule has 1 heterocycles. The van der Waals surface area contributed by atoms with Crippen molar-refractivity contribution in [2.24, 2.45) is 0 Å². The maximum atomic E-state index is 11.9. The summed E-state index contributed by atoms with van der Waals surface area (Å²) in [6.45, 7) is 0.986. The minimum atomic E-state index is -2.87. The van der Waals surface area contributed by atoms with E-state index in [1.807, 2.05) is 13.8 Å². The molecule has 1 rings (SSSR count). The van der Waals surface area contributed by atoms with Gasteiger partial charge in [0.05, 0.1) is 0 Å². The summed E-state index contributed by atoms with van der Waals surface area (Å²) in [6, 6.07) is 1.49. The van der Waals surface area contributed by atoms with Crippen molar-refractivity contribution in [2.75, 3.05) is 5.73 Å². The van der Waals surface area contributed by atoms with Crippen molar-refractivity contribution in [3.8, 4) is 5.75 Å². The van der Waals surface area contributed by atoms with Crippen LogP contribution in [0.25, 0.3) is 0 Å². The number of pyridine rings is 1. The van der Waals surface area contributed by atoms with Crippen LogP contribution in [0.1, 0.15) is 25.3 Å². The Morgan fingerprint density at radius 1 is 1.43 bits per heavy atom. The Bertz CT molecular complexity index is 316. The third kappa shape index (κ3) is 2.55. The lowest BCUT2D eigenvalue weighted by molar-refractivity contribution is -0.0495. The zero-order chi connectivity index (χ0) is 10.7. The van der Waals surface area contributed by atoms with Crippen molar-refractivity contribution in [1.82, 2.24) is 4.98 Å². The Morgan fingerprint density at radius 2 is 2.07 bits per heavy atom. The van der Waals surface area contributed by atoms with E-state index in [2.05, 4.69) is 9.72 Å². The monoisotopic (exact) mass is 202 g/mol. The minimum absolute atomic E-state index is 0.0188.